The topological polar surface area (TPSA) is 88.5 Å². The van der Waals surface area contributed by atoms with Gasteiger partial charge in [-0.1, -0.05) is 18.6 Å². The van der Waals surface area contributed by atoms with E-state index in [-0.39, 0.29) is 12.5 Å². The Labute approximate surface area is 139 Å². The third-order valence-corrected chi connectivity index (χ3v) is 4.46. The van der Waals surface area contributed by atoms with Crippen molar-refractivity contribution < 1.29 is 4.79 Å². The zero-order valence-electron chi connectivity index (χ0n) is 13.5. The first-order valence-corrected chi connectivity index (χ1v) is 8.41. The van der Waals surface area contributed by atoms with Crippen molar-refractivity contribution in [2.24, 2.45) is 0 Å². The maximum Gasteiger partial charge on any atom is 0.243 e. The Hall–Kier alpha value is -2.70. The number of H-pyrrole nitrogens is 1. The summed E-state index contributed by atoms with van der Waals surface area (Å²) in [5.41, 5.74) is 5.07. The van der Waals surface area contributed by atoms with Crippen LogP contribution in [0.3, 0.4) is 0 Å². The van der Waals surface area contributed by atoms with Crippen molar-refractivity contribution in [1.29, 1.82) is 0 Å². The summed E-state index contributed by atoms with van der Waals surface area (Å²) in [5, 5.41) is 19.0. The molecule has 0 saturated heterocycles. The number of benzene rings is 1. The molecule has 4 rings (SSSR count). The first-order chi connectivity index (χ1) is 11.8. The minimum absolute atomic E-state index is 0.110. The van der Waals surface area contributed by atoms with Gasteiger partial charge >= 0.3 is 0 Å². The molecule has 124 valence electrons. The lowest BCUT2D eigenvalue weighted by molar-refractivity contribution is -0.122. The molecule has 2 heterocycles. The van der Waals surface area contributed by atoms with E-state index in [9.17, 15) is 4.79 Å². The molecule has 1 aliphatic carbocycles. The van der Waals surface area contributed by atoms with Gasteiger partial charge in [0.2, 0.25) is 5.91 Å². The quantitative estimate of drug-likeness (QED) is 0.716. The highest BCUT2D eigenvalue weighted by atomic mass is 16.2. The van der Waals surface area contributed by atoms with E-state index in [0.717, 1.165) is 29.6 Å². The van der Waals surface area contributed by atoms with E-state index in [1.807, 2.05) is 24.3 Å². The lowest BCUT2D eigenvalue weighted by atomic mass is 10.1. The molecule has 0 unspecified atom stereocenters. The van der Waals surface area contributed by atoms with Gasteiger partial charge in [-0.2, -0.15) is 20.1 Å². The predicted octanol–water partition coefficient (Wildman–Crippen LogP) is 1.74. The fraction of sp³-hybridized carbons (Fsp3) is 0.412. The molecule has 2 N–H and O–H groups in total. The highest BCUT2D eigenvalue weighted by Gasteiger charge is 2.16. The summed E-state index contributed by atoms with van der Waals surface area (Å²) in [4.78, 5) is 13.6. The molecule has 0 aliphatic heterocycles. The van der Waals surface area contributed by atoms with Gasteiger partial charge in [0.1, 0.15) is 17.6 Å². The number of aromatic nitrogens is 5. The Morgan fingerprint density at radius 1 is 1.12 bits per heavy atom. The van der Waals surface area contributed by atoms with E-state index in [1.165, 1.54) is 35.3 Å². The molecule has 0 radical (unpaired) electrons. The van der Waals surface area contributed by atoms with Crippen molar-refractivity contribution in [2.45, 2.75) is 45.2 Å². The van der Waals surface area contributed by atoms with E-state index in [4.69, 9.17) is 0 Å². The zero-order valence-corrected chi connectivity index (χ0v) is 13.5. The van der Waals surface area contributed by atoms with Crippen LogP contribution < -0.4 is 5.32 Å². The van der Waals surface area contributed by atoms with Crippen LogP contribution in [0.1, 0.15) is 36.2 Å². The third kappa shape index (κ3) is 3.02. The monoisotopic (exact) mass is 324 g/mol. The Bertz CT molecular complexity index is 832. The van der Waals surface area contributed by atoms with Gasteiger partial charge in [-0.25, -0.2) is 0 Å². The van der Waals surface area contributed by atoms with E-state index in [1.54, 1.807) is 0 Å². The van der Waals surface area contributed by atoms with E-state index >= 15 is 0 Å². The molecule has 24 heavy (non-hydrogen) atoms. The van der Waals surface area contributed by atoms with Crippen molar-refractivity contribution in [1.82, 2.24) is 30.5 Å². The van der Waals surface area contributed by atoms with Crippen LogP contribution in [-0.4, -0.2) is 31.1 Å². The van der Waals surface area contributed by atoms with Crippen LogP contribution in [-0.2, 0) is 30.7 Å². The fourth-order valence-electron chi connectivity index (χ4n) is 3.21. The third-order valence-electron chi connectivity index (χ3n) is 4.46. The Kier molecular flexibility index (Phi) is 3.98. The van der Waals surface area contributed by atoms with Gasteiger partial charge in [0.25, 0.3) is 0 Å². The van der Waals surface area contributed by atoms with Gasteiger partial charge in [-0.3, -0.25) is 9.89 Å². The number of fused-ring (bicyclic) bond motifs is 2. The number of carbonyl (C=O) groups excluding carboxylic acids is 1. The second-order valence-corrected chi connectivity index (χ2v) is 6.18. The number of amides is 1. The number of nitrogens with one attached hydrogen (secondary N) is 2. The Morgan fingerprint density at radius 3 is 2.67 bits per heavy atom. The number of carbonyl (C=O) groups is 1. The average molecular weight is 324 g/mol. The van der Waals surface area contributed by atoms with Crippen molar-refractivity contribution >= 4 is 16.9 Å². The second kappa shape index (κ2) is 6.43. The van der Waals surface area contributed by atoms with Crippen LogP contribution in [0.15, 0.2) is 24.3 Å². The number of rotatable bonds is 4. The standard InChI is InChI=1S/C17H20N6O/c24-17(11-23-21-14-8-4-5-9-15(14)22-23)18-10-16-12-6-2-1-3-7-13(12)19-20-16/h4-5,8-9H,1-3,6-7,10-11H2,(H,18,24)(H,19,20). The van der Waals surface area contributed by atoms with Crippen LogP contribution in [0.4, 0.5) is 0 Å². The smallest absolute Gasteiger partial charge is 0.243 e. The van der Waals surface area contributed by atoms with E-state index < -0.39 is 0 Å². The molecule has 1 aromatic carbocycles. The normalized spacial score (nSPS) is 14.3. The summed E-state index contributed by atoms with van der Waals surface area (Å²) in [6, 6.07) is 7.58. The maximum absolute atomic E-state index is 12.2. The molecular formula is C17H20N6O. The Morgan fingerprint density at radius 2 is 1.88 bits per heavy atom. The molecule has 0 saturated carbocycles. The molecule has 7 nitrogen and oxygen atoms in total. The summed E-state index contributed by atoms with van der Waals surface area (Å²) in [6.07, 6.45) is 5.76. The van der Waals surface area contributed by atoms with E-state index in [2.05, 4.69) is 25.7 Å². The van der Waals surface area contributed by atoms with Gasteiger partial charge in [-0.15, -0.1) is 0 Å². The number of hydrogen-bond donors (Lipinski definition) is 2. The van der Waals surface area contributed by atoms with Gasteiger partial charge in [0.15, 0.2) is 0 Å². The summed E-state index contributed by atoms with van der Waals surface area (Å²) < 4.78 is 0. The van der Waals surface area contributed by atoms with Crippen LogP contribution in [0.25, 0.3) is 11.0 Å². The largest absolute Gasteiger partial charge is 0.349 e. The van der Waals surface area contributed by atoms with Crippen LogP contribution in [0, 0.1) is 0 Å². The van der Waals surface area contributed by atoms with Gasteiger partial charge in [0, 0.05) is 5.69 Å². The minimum Gasteiger partial charge on any atom is -0.349 e. The molecule has 1 amide bonds. The van der Waals surface area contributed by atoms with Crippen LogP contribution in [0.5, 0.6) is 0 Å². The Balaban J connectivity index is 1.39. The van der Waals surface area contributed by atoms with Gasteiger partial charge in [-0.05, 0) is 43.4 Å². The highest BCUT2D eigenvalue weighted by Crippen LogP contribution is 2.21. The maximum atomic E-state index is 12.2. The molecule has 0 atom stereocenters. The molecule has 0 bridgehead atoms. The van der Waals surface area contributed by atoms with Crippen molar-refractivity contribution in [3.63, 3.8) is 0 Å². The lowest BCUT2D eigenvalue weighted by Gasteiger charge is -2.05. The number of aryl methyl sites for hydroxylation is 1. The predicted molar refractivity (Wildman–Crippen MR) is 89.2 cm³/mol. The van der Waals surface area contributed by atoms with Gasteiger partial charge in [0.05, 0.1) is 12.2 Å². The molecule has 0 spiro atoms. The molecule has 1 aliphatic rings. The lowest BCUT2D eigenvalue weighted by Crippen LogP contribution is -2.28. The highest BCUT2D eigenvalue weighted by molar-refractivity contribution is 5.77. The summed E-state index contributed by atoms with van der Waals surface area (Å²) in [7, 11) is 0. The summed E-state index contributed by atoms with van der Waals surface area (Å²) >= 11 is 0. The first-order valence-electron chi connectivity index (χ1n) is 8.41. The molecule has 2 aromatic heterocycles. The number of aromatic amines is 1. The summed E-state index contributed by atoms with van der Waals surface area (Å²) in [6.45, 7) is 0.562. The van der Waals surface area contributed by atoms with E-state index in [0.29, 0.717) is 6.54 Å². The van der Waals surface area contributed by atoms with Crippen LogP contribution >= 0.6 is 0 Å². The van der Waals surface area contributed by atoms with Crippen LogP contribution in [0.2, 0.25) is 0 Å². The molecule has 7 heteroatoms. The summed E-state index contributed by atoms with van der Waals surface area (Å²) in [5.74, 6) is -0.110. The average Bonchev–Trinajstić information content (AvgIpc) is 3.08. The molecule has 3 aromatic rings. The van der Waals surface area contributed by atoms with Crippen molar-refractivity contribution in [2.75, 3.05) is 0 Å². The molecular weight excluding hydrogens is 304 g/mol. The van der Waals surface area contributed by atoms with Crippen molar-refractivity contribution in [3.05, 3.63) is 41.2 Å². The SMILES string of the molecule is O=C(Cn1nc2ccccc2n1)NCc1n[nH]c2c1CCCCC2. The first kappa shape index (κ1) is 14.9. The second-order valence-electron chi connectivity index (χ2n) is 6.18. The van der Waals surface area contributed by atoms with Gasteiger partial charge < -0.3 is 5.32 Å². The fourth-order valence-corrected chi connectivity index (χ4v) is 3.21. The number of hydrogen-bond acceptors (Lipinski definition) is 4. The molecule has 0 fully saturated rings. The zero-order chi connectivity index (χ0) is 16.4. The minimum atomic E-state index is -0.110. The number of nitrogens with zero attached hydrogens (tertiary/aromatic N) is 4. The van der Waals surface area contributed by atoms with Crippen molar-refractivity contribution in [3.8, 4) is 0 Å².